The second-order valence-electron chi connectivity index (χ2n) is 16.6. The molecule has 0 aliphatic carbocycles. The van der Waals surface area contributed by atoms with Gasteiger partial charge in [-0.15, -0.1) is 0 Å². The zero-order valence-corrected chi connectivity index (χ0v) is 36.6. The summed E-state index contributed by atoms with van der Waals surface area (Å²) in [6, 6.07) is -0.727. The molecule has 55 heavy (non-hydrogen) atoms. The Labute approximate surface area is 339 Å². The number of nitrogens with zero attached hydrogens (tertiary/aromatic N) is 1. The number of carboxylic acid groups (broad SMARTS) is 1. The standard InChI is InChI=1S/C47H87NO7/c1-6-8-10-12-14-16-18-20-21-22-23-24-26-27-29-31-33-35-37-45(49)54-42-43(41-53-40-39-44(47(51)52)48(3,4)5)55-46(50)38-36-34-32-30-28-25-19-17-15-13-11-9-7-2/h23-25,28,43-44H,6-22,26-27,29-42H2,1-5H3/b24-23+,28-25+. The number of hydrogen-bond acceptors (Lipinski definition) is 7. The van der Waals surface area contributed by atoms with Gasteiger partial charge in [0.15, 0.2) is 6.10 Å². The summed E-state index contributed by atoms with van der Waals surface area (Å²) in [4.78, 5) is 36.8. The van der Waals surface area contributed by atoms with Crippen molar-refractivity contribution in [2.24, 2.45) is 0 Å². The third-order valence-corrected chi connectivity index (χ3v) is 10.3. The fraction of sp³-hybridized carbons (Fsp3) is 0.851. The lowest BCUT2D eigenvalue weighted by atomic mass is 10.1. The van der Waals surface area contributed by atoms with Gasteiger partial charge in [-0.25, -0.2) is 0 Å². The van der Waals surface area contributed by atoms with Crippen LogP contribution < -0.4 is 5.11 Å². The number of ether oxygens (including phenoxy) is 3. The van der Waals surface area contributed by atoms with Gasteiger partial charge in [0.2, 0.25) is 0 Å². The summed E-state index contributed by atoms with van der Waals surface area (Å²) in [6.45, 7) is 4.64. The number of rotatable bonds is 41. The second-order valence-corrected chi connectivity index (χ2v) is 16.6. The Hall–Kier alpha value is -2.19. The maximum absolute atomic E-state index is 12.7. The van der Waals surface area contributed by atoms with Crippen molar-refractivity contribution in [3.8, 4) is 0 Å². The third kappa shape index (κ3) is 37.2. The molecule has 0 amide bonds. The Bertz CT molecular complexity index is 957. The molecule has 0 aliphatic heterocycles. The van der Waals surface area contributed by atoms with Gasteiger partial charge in [0.25, 0.3) is 0 Å². The smallest absolute Gasteiger partial charge is 0.306 e. The number of quaternary nitrogens is 1. The van der Waals surface area contributed by atoms with E-state index in [4.69, 9.17) is 14.2 Å². The van der Waals surface area contributed by atoms with E-state index in [9.17, 15) is 19.5 Å². The first-order valence-corrected chi connectivity index (χ1v) is 22.9. The molecule has 0 aromatic carbocycles. The molecule has 0 aromatic heterocycles. The minimum Gasteiger partial charge on any atom is -0.544 e. The average molecular weight is 778 g/mol. The van der Waals surface area contributed by atoms with Crippen LogP contribution in [0, 0.1) is 0 Å². The van der Waals surface area contributed by atoms with E-state index in [0.29, 0.717) is 12.8 Å². The maximum Gasteiger partial charge on any atom is 0.306 e. The fourth-order valence-electron chi connectivity index (χ4n) is 6.71. The number of esters is 2. The molecular formula is C47H87NO7. The lowest BCUT2D eigenvalue weighted by molar-refractivity contribution is -0.889. The number of carbonyl (C=O) groups excluding carboxylic acids is 3. The number of hydrogen-bond donors (Lipinski definition) is 0. The molecule has 8 nitrogen and oxygen atoms in total. The van der Waals surface area contributed by atoms with E-state index in [1.54, 1.807) is 21.1 Å². The Morgan fingerprint density at radius 3 is 1.33 bits per heavy atom. The molecule has 2 unspecified atom stereocenters. The number of carbonyl (C=O) groups is 3. The van der Waals surface area contributed by atoms with Crippen LogP contribution in [0.5, 0.6) is 0 Å². The first kappa shape index (κ1) is 52.8. The van der Waals surface area contributed by atoms with Crippen molar-refractivity contribution < 1.29 is 38.2 Å². The van der Waals surface area contributed by atoms with Crippen LogP contribution in [0.2, 0.25) is 0 Å². The van der Waals surface area contributed by atoms with Crippen molar-refractivity contribution in [2.75, 3.05) is 41.0 Å². The van der Waals surface area contributed by atoms with Crippen LogP contribution in [0.25, 0.3) is 0 Å². The highest BCUT2D eigenvalue weighted by atomic mass is 16.6. The number of unbranched alkanes of at least 4 members (excludes halogenated alkanes) is 23. The average Bonchev–Trinajstić information content (AvgIpc) is 3.14. The van der Waals surface area contributed by atoms with Crippen LogP contribution in [0.4, 0.5) is 0 Å². The van der Waals surface area contributed by atoms with E-state index in [0.717, 1.165) is 64.2 Å². The highest BCUT2D eigenvalue weighted by Gasteiger charge is 2.25. The largest absolute Gasteiger partial charge is 0.544 e. The van der Waals surface area contributed by atoms with Gasteiger partial charge in [-0.2, -0.15) is 0 Å². The molecular weight excluding hydrogens is 691 g/mol. The van der Waals surface area contributed by atoms with Crippen LogP contribution in [0.3, 0.4) is 0 Å². The number of carboxylic acids is 1. The molecule has 0 heterocycles. The Morgan fingerprint density at radius 2 is 0.909 bits per heavy atom. The molecule has 0 spiro atoms. The zero-order chi connectivity index (χ0) is 40.7. The van der Waals surface area contributed by atoms with Crippen LogP contribution in [0.1, 0.15) is 206 Å². The second kappa shape index (κ2) is 38.7. The van der Waals surface area contributed by atoms with E-state index >= 15 is 0 Å². The quantitative estimate of drug-likeness (QED) is 0.0264. The summed E-state index contributed by atoms with van der Waals surface area (Å²) >= 11 is 0. The van der Waals surface area contributed by atoms with Crippen molar-refractivity contribution in [3.63, 3.8) is 0 Å². The normalized spacial score (nSPS) is 13.1. The lowest BCUT2D eigenvalue weighted by Gasteiger charge is -2.34. The van der Waals surface area contributed by atoms with Crippen molar-refractivity contribution in [3.05, 3.63) is 24.3 Å². The molecule has 0 rings (SSSR count). The molecule has 0 bridgehead atoms. The molecule has 0 saturated heterocycles. The molecule has 322 valence electrons. The van der Waals surface area contributed by atoms with Gasteiger partial charge in [0.1, 0.15) is 12.6 Å². The van der Waals surface area contributed by atoms with E-state index in [1.807, 2.05) is 0 Å². The first-order chi connectivity index (χ1) is 26.6. The summed E-state index contributed by atoms with van der Waals surface area (Å²) < 4.78 is 17.1. The Balaban J connectivity index is 4.32. The van der Waals surface area contributed by atoms with Gasteiger partial charge in [0, 0.05) is 19.3 Å². The first-order valence-electron chi connectivity index (χ1n) is 22.9. The van der Waals surface area contributed by atoms with Crippen molar-refractivity contribution >= 4 is 17.9 Å². The van der Waals surface area contributed by atoms with E-state index in [1.165, 1.54) is 109 Å². The predicted molar refractivity (Wildman–Crippen MR) is 227 cm³/mol. The Morgan fingerprint density at radius 1 is 0.527 bits per heavy atom. The summed E-state index contributed by atoms with van der Waals surface area (Å²) in [6.07, 6.45) is 42.0. The summed E-state index contributed by atoms with van der Waals surface area (Å²) in [5.41, 5.74) is 0. The van der Waals surface area contributed by atoms with E-state index < -0.39 is 18.1 Å². The molecule has 0 aliphatic rings. The lowest BCUT2D eigenvalue weighted by Crippen LogP contribution is -2.55. The minimum atomic E-state index is -1.13. The highest BCUT2D eigenvalue weighted by Crippen LogP contribution is 2.14. The van der Waals surface area contributed by atoms with Crippen LogP contribution in [-0.4, -0.2) is 75.5 Å². The van der Waals surface area contributed by atoms with Gasteiger partial charge in [-0.1, -0.05) is 147 Å². The monoisotopic (exact) mass is 778 g/mol. The molecule has 0 aromatic rings. The van der Waals surface area contributed by atoms with Gasteiger partial charge < -0.3 is 28.6 Å². The minimum absolute atomic E-state index is 0.0347. The third-order valence-electron chi connectivity index (χ3n) is 10.3. The fourth-order valence-corrected chi connectivity index (χ4v) is 6.71. The molecule has 0 radical (unpaired) electrons. The van der Waals surface area contributed by atoms with Gasteiger partial charge in [-0.05, 0) is 64.2 Å². The van der Waals surface area contributed by atoms with Gasteiger partial charge >= 0.3 is 11.9 Å². The molecule has 0 N–H and O–H groups in total. The van der Waals surface area contributed by atoms with Crippen molar-refractivity contribution in [1.29, 1.82) is 0 Å². The number of likely N-dealkylation sites (N-methyl/N-ethyl adjacent to an activating group) is 1. The topological polar surface area (TPSA) is 102 Å². The van der Waals surface area contributed by atoms with Crippen molar-refractivity contribution in [1.82, 2.24) is 0 Å². The predicted octanol–water partition coefficient (Wildman–Crippen LogP) is 11.1. The summed E-state index contributed by atoms with van der Waals surface area (Å²) in [7, 11) is 5.40. The van der Waals surface area contributed by atoms with Gasteiger partial charge in [0.05, 0.1) is 40.3 Å². The van der Waals surface area contributed by atoms with Crippen LogP contribution in [0.15, 0.2) is 24.3 Å². The summed E-state index contributed by atoms with van der Waals surface area (Å²) in [5.74, 6) is -1.76. The van der Waals surface area contributed by atoms with E-state index in [2.05, 4.69) is 38.2 Å². The molecule has 0 saturated carbocycles. The zero-order valence-electron chi connectivity index (χ0n) is 36.6. The number of allylic oxidation sites excluding steroid dienone is 4. The molecule has 8 heteroatoms. The maximum atomic E-state index is 12.7. The molecule has 2 atom stereocenters. The van der Waals surface area contributed by atoms with Crippen LogP contribution >= 0.6 is 0 Å². The Kier molecular flexibility index (Phi) is 37.1. The summed E-state index contributed by atoms with van der Waals surface area (Å²) in [5, 5.41) is 11.6. The van der Waals surface area contributed by atoms with Gasteiger partial charge in [-0.3, -0.25) is 9.59 Å². The number of aliphatic carboxylic acids is 1. The van der Waals surface area contributed by atoms with Crippen molar-refractivity contribution in [2.45, 2.75) is 219 Å². The highest BCUT2D eigenvalue weighted by molar-refractivity contribution is 5.70. The van der Waals surface area contributed by atoms with E-state index in [-0.39, 0.29) is 42.7 Å². The molecule has 0 fully saturated rings. The SMILES string of the molecule is CCCCCCCC/C=C/CCCCCC(=O)OC(COCCC(C(=O)[O-])[N+](C)(C)C)COC(=O)CCCCCCC/C=C/CCCCCCCCCCC. The van der Waals surface area contributed by atoms with Crippen LogP contribution in [-0.2, 0) is 28.6 Å².